The molecular weight excluding hydrogens is 458 g/mol. The molecule has 0 amide bonds. The van der Waals surface area contributed by atoms with Crippen LogP contribution in [0.3, 0.4) is 0 Å². The van der Waals surface area contributed by atoms with Gasteiger partial charge >= 0.3 is 0 Å². The molecule has 0 N–H and O–H groups in total. The van der Waals surface area contributed by atoms with Gasteiger partial charge in [-0.25, -0.2) is 4.98 Å². The predicted octanol–water partition coefficient (Wildman–Crippen LogP) is 5.77. The summed E-state index contributed by atoms with van der Waals surface area (Å²) < 4.78 is 13.4. The zero-order chi connectivity index (χ0) is 25.1. The minimum absolute atomic E-state index is 0.0465. The Morgan fingerprint density at radius 1 is 1.03 bits per heavy atom. The standard InChI is InChI=1S/C28H25N3O5/c1-35-24-10-6-7-20(27(24)36-22-8-2-3-9-22)14-17-23-26(19-12-15-21(16-13-19)31(33)34)28(32)30-18-5-4-11-25(30)29-23/h4-7,10-18,22H,2-3,8-9H2,1H3. The Labute approximate surface area is 207 Å². The average molecular weight is 484 g/mol. The van der Waals surface area contributed by atoms with E-state index in [1.165, 1.54) is 16.5 Å². The summed E-state index contributed by atoms with van der Waals surface area (Å²) in [6.07, 6.45) is 9.76. The number of benzene rings is 2. The fourth-order valence-electron chi connectivity index (χ4n) is 4.54. The third-order valence-corrected chi connectivity index (χ3v) is 6.37. The fraction of sp³-hybridized carbons (Fsp3) is 0.214. The van der Waals surface area contributed by atoms with E-state index >= 15 is 0 Å². The van der Waals surface area contributed by atoms with Gasteiger partial charge < -0.3 is 9.47 Å². The van der Waals surface area contributed by atoms with Gasteiger partial charge in [0.15, 0.2) is 11.5 Å². The van der Waals surface area contributed by atoms with E-state index in [9.17, 15) is 14.9 Å². The molecule has 0 spiro atoms. The van der Waals surface area contributed by atoms with Crippen LogP contribution in [-0.4, -0.2) is 27.5 Å². The summed E-state index contributed by atoms with van der Waals surface area (Å²) in [7, 11) is 1.61. The van der Waals surface area contributed by atoms with Crippen LogP contribution >= 0.6 is 0 Å². The number of non-ortho nitro benzene ring substituents is 1. The lowest BCUT2D eigenvalue weighted by Gasteiger charge is -2.18. The highest BCUT2D eigenvalue weighted by Gasteiger charge is 2.20. The number of nitro benzene ring substituents is 1. The molecule has 1 fully saturated rings. The topological polar surface area (TPSA) is 96.0 Å². The summed E-state index contributed by atoms with van der Waals surface area (Å²) in [4.78, 5) is 28.9. The number of fused-ring (bicyclic) bond motifs is 1. The number of hydrogen-bond acceptors (Lipinski definition) is 6. The Kier molecular flexibility index (Phi) is 6.49. The van der Waals surface area contributed by atoms with Gasteiger partial charge in [-0.15, -0.1) is 0 Å². The lowest BCUT2D eigenvalue weighted by atomic mass is 10.0. The zero-order valence-corrected chi connectivity index (χ0v) is 19.8. The Balaban J connectivity index is 1.62. The molecule has 0 radical (unpaired) electrons. The molecule has 0 bridgehead atoms. The average Bonchev–Trinajstić information content (AvgIpc) is 3.41. The van der Waals surface area contributed by atoms with Crippen LogP contribution in [0.4, 0.5) is 5.69 Å². The number of ether oxygens (including phenoxy) is 2. The molecule has 0 saturated heterocycles. The van der Waals surface area contributed by atoms with Gasteiger partial charge in [0.1, 0.15) is 5.65 Å². The third kappa shape index (κ3) is 4.57. The molecule has 2 aromatic heterocycles. The van der Waals surface area contributed by atoms with Crippen molar-refractivity contribution in [3.8, 4) is 22.6 Å². The number of methoxy groups -OCH3 is 1. The number of para-hydroxylation sites is 1. The number of hydrogen-bond donors (Lipinski definition) is 0. The molecule has 0 atom stereocenters. The molecule has 1 aliphatic carbocycles. The summed E-state index contributed by atoms with van der Waals surface area (Å²) in [5, 5.41) is 11.1. The van der Waals surface area contributed by atoms with Crippen molar-refractivity contribution in [1.29, 1.82) is 0 Å². The van der Waals surface area contributed by atoms with Crippen molar-refractivity contribution in [2.75, 3.05) is 7.11 Å². The summed E-state index contributed by atoms with van der Waals surface area (Å²) in [6.45, 7) is 0. The first kappa shape index (κ1) is 23.3. The van der Waals surface area contributed by atoms with E-state index in [-0.39, 0.29) is 17.4 Å². The van der Waals surface area contributed by atoms with Crippen molar-refractivity contribution >= 4 is 23.5 Å². The third-order valence-electron chi connectivity index (χ3n) is 6.37. The van der Waals surface area contributed by atoms with Crippen molar-refractivity contribution in [2.45, 2.75) is 31.8 Å². The highest BCUT2D eigenvalue weighted by Crippen LogP contribution is 2.36. The maximum absolute atomic E-state index is 13.5. The summed E-state index contributed by atoms with van der Waals surface area (Å²) in [6, 6.07) is 16.9. The minimum Gasteiger partial charge on any atom is -0.493 e. The zero-order valence-electron chi connectivity index (χ0n) is 19.8. The molecule has 0 aliphatic heterocycles. The number of aromatic nitrogens is 2. The number of rotatable bonds is 7. The van der Waals surface area contributed by atoms with Gasteiger partial charge in [0.25, 0.3) is 11.2 Å². The van der Waals surface area contributed by atoms with Gasteiger partial charge in [-0.2, -0.15) is 0 Å². The first-order chi connectivity index (χ1) is 17.5. The van der Waals surface area contributed by atoms with Gasteiger partial charge in [-0.1, -0.05) is 18.2 Å². The van der Waals surface area contributed by atoms with Crippen LogP contribution in [-0.2, 0) is 0 Å². The van der Waals surface area contributed by atoms with Crippen LogP contribution in [0.15, 0.2) is 71.7 Å². The highest BCUT2D eigenvalue weighted by atomic mass is 16.6. The molecule has 36 heavy (non-hydrogen) atoms. The van der Waals surface area contributed by atoms with Crippen molar-refractivity contribution < 1.29 is 14.4 Å². The van der Waals surface area contributed by atoms with Gasteiger partial charge in [-0.05, 0) is 73.7 Å². The maximum atomic E-state index is 13.5. The molecule has 5 rings (SSSR count). The molecule has 4 aromatic rings. The first-order valence-corrected chi connectivity index (χ1v) is 11.8. The van der Waals surface area contributed by atoms with Gasteiger partial charge in [0.2, 0.25) is 0 Å². The van der Waals surface area contributed by atoms with Gasteiger partial charge in [0.05, 0.1) is 29.4 Å². The van der Waals surface area contributed by atoms with Crippen molar-refractivity contribution in [3.63, 3.8) is 0 Å². The lowest BCUT2D eigenvalue weighted by Crippen LogP contribution is -2.18. The number of pyridine rings is 1. The lowest BCUT2D eigenvalue weighted by molar-refractivity contribution is -0.384. The van der Waals surface area contributed by atoms with E-state index in [2.05, 4.69) is 0 Å². The fourth-order valence-corrected chi connectivity index (χ4v) is 4.54. The van der Waals surface area contributed by atoms with E-state index in [4.69, 9.17) is 14.5 Å². The molecule has 0 unspecified atom stereocenters. The molecule has 1 aliphatic rings. The van der Waals surface area contributed by atoms with Crippen LogP contribution in [0.25, 0.3) is 28.9 Å². The Bertz CT molecular complexity index is 1500. The van der Waals surface area contributed by atoms with E-state index in [0.29, 0.717) is 34.0 Å². The van der Waals surface area contributed by atoms with Crippen LogP contribution < -0.4 is 15.0 Å². The van der Waals surface area contributed by atoms with Crippen molar-refractivity contribution in [2.24, 2.45) is 0 Å². The Morgan fingerprint density at radius 2 is 1.81 bits per heavy atom. The van der Waals surface area contributed by atoms with Crippen molar-refractivity contribution in [3.05, 3.63) is 98.6 Å². The summed E-state index contributed by atoms with van der Waals surface area (Å²) in [5.41, 5.74) is 2.36. The summed E-state index contributed by atoms with van der Waals surface area (Å²) in [5.74, 6) is 1.31. The van der Waals surface area contributed by atoms with Crippen LogP contribution in [0.5, 0.6) is 11.5 Å². The van der Waals surface area contributed by atoms with Gasteiger partial charge in [-0.3, -0.25) is 19.3 Å². The molecule has 2 aromatic carbocycles. The number of nitro groups is 1. The maximum Gasteiger partial charge on any atom is 0.269 e. The summed E-state index contributed by atoms with van der Waals surface area (Å²) >= 11 is 0. The minimum atomic E-state index is -0.468. The second-order valence-corrected chi connectivity index (χ2v) is 8.65. The Morgan fingerprint density at radius 3 is 2.53 bits per heavy atom. The highest BCUT2D eigenvalue weighted by molar-refractivity contribution is 5.81. The molecule has 1 saturated carbocycles. The largest absolute Gasteiger partial charge is 0.493 e. The number of nitrogens with zero attached hydrogens (tertiary/aromatic N) is 3. The van der Waals surface area contributed by atoms with Gasteiger partial charge in [0, 0.05) is 23.9 Å². The van der Waals surface area contributed by atoms with Crippen LogP contribution in [0.2, 0.25) is 0 Å². The second kappa shape index (κ2) is 10.0. The first-order valence-electron chi connectivity index (χ1n) is 11.8. The predicted molar refractivity (Wildman–Crippen MR) is 138 cm³/mol. The van der Waals surface area contributed by atoms with E-state index in [1.54, 1.807) is 43.6 Å². The second-order valence-electron chi connectivity index (χ2n) is 8.65. The van der Waals surface area contributed by atoms with Crippen molar-refractivity contribution in [1.82, 2.24) is 9.38 Å². The van der Waals surface area contributed by atoms with E-state index < -0.39 is 4.92 Å². The van der Waals surface area contributed by atoms with E-state index in [1.807, 2.05) is 30.3 Å². The molecule has 182 valence electrons. The molecular formula is C28H25N3O5. The Hall–Kier alpha value is -4.46. The normalized spacial score (nSPS) is 13.9. The quantitative estimate of drug-likeness (QED) is 0.245. The smallest absolute Gasteiger partial charge is 0.269 e. The monoisotopic (exact) mass is 483 g/mol. The van der Waals surface area contributed by atoms with Crippen LogP contribution in [0.1, 0.15) is 36.9 Å². The van der Waals surface area contributed by atoms with Crippen LogP contribution in [0, 0.1) is 10.1 Å². The SMILES string of the molecule is COc1cccc(C=Cc2nc3ccccn3c(=O)c2-c2ccc([N+](=O)[O-])cc2)c1OC1CCCC1. The molecule has 2 heterocycles. The molecule has 8 heteroatoms. The molecule has 8 nitrogen and oxygen atoms in total. The van der Waals surface area contributed by atoms with E-state index in [0.717, 1.165) is 31.2 Å².